The van der Waals surface area contributed by atoms with Crippen LogP contribution < -0.4 is 15.4 Å². The van der Waals surface area contributed by atoms with Gasteiger partial charge in [-0.2, -0.15) is 0 Å². The van der Waals surface area contributed by atoms with Crippen LogP contribution in [0, 0.1) is 6.92 Å². The number of sulfone groups is 1. The minimum Gasteiger partial charge on any atom is -0.493 e. The van der Waals surface area contributed by atoms with Crippen molar-refractivity contribution in [3.05, 3.63) is 29.3 Å². The molecule has 0 radical (unpaired) electrons. The van der Waals surface area contributed by atoms with Gasteiger partial charge in [-0.05, 0) is 25.0 Å². The highest BCUT2D eigenvalue weighted by Gasteiger charge is 2.07. The van der Waals surface area contributed by atoms with Crippen molar-refractivity contribution in [1.29, 1.82) is 0 Å². The maximum Gasteiger partial charge on any atom is 0.191 e. The number of ether oxygens (including phenoxy) is 1. The summed E-state index contributed by atoms with van der Waals surface area (Å²) in [6.45, 7) is 5.85. The zero-order chi connectivity index (χ0) is 19.4. The van der Waals surface area contributed by atoms with Crippen LogP contribution in [0.25, 0.3) is 0 Å². The van der Waals surface area contributed by atoms with Gasteiger partial charge in [0.2, 0.25) is 0 Å². The molecule has 0 saturated heterocycles. The van der Waals surface area contributed by atoms with Gasteiger partial charge in [0.05, 0.1) is 12.4 Å². The molecule has 0 fully saturated rings. The van der Waals surface area contributed by atoms with Crippen molar-refractivity contribution in [2.24, 2.45) is 4.99 Å². The summed E-state index contributed by atoms with van der Waals surface area (Å²) in [4.78, 5) is 4.12. The van der Waals surface area contributed by atoms with Crippen LogP contribution in [0.15, 0.2) is 23.2 Å². The number of hydrogen-bond acceptors (Lipinski definition) is 4. The second kappa shape index (κ2) is 11.8. The zero-order valence-corrected chi connectivity index (χ0v) is 17.3. The lowest BCUT2D eigenvalue weighted by atomic mass is 10.1. The van der Waals surface area contributed by atoms with Gasteiger partial charge in [0, 0.05) is 32.0 Å². The highest BCUT2D eigenvalue weighted by Crippen LogP contribution is 2.20. The Labute approximate surface area is 158 Å². The van der Waals surface area contributed by atoms with Gasteiger partial charge >= 0.3 is 0 Å². The highest BCUT2D eigenvalue weighted by molar-refractivity contribution is 7.90. The third-order valence-corrected chi connectivity index (χ3v) is 4.86. The Morgan fingerprint density at radius 3 is 2.62 bits per heavy atom. The van der Waals surface area contributed by atoms with Crippen LogP contribution in [-0.4, -0.2) is 46.6 Å². The van der Waals surface area contributed by atoms with Crippen LogP contribution in [0.1, 0.15) is 43.7 Å². The molecule has 0 unspecified atom stereocenters. The van der Waals surface area contributed by atoms with Gasteiger partial charge in [-0.25, -0.2) is 8.42 Å². The molecule has 7 heteroatoms. The Morgan fingerprint density at radius 2 is 1.96 bits per heavy atom. The van der Waals surface area contributed by atoms with Gasteiger partial charge in [-0.3, -0.25) is 4.99 Å². The van der Waals surface area contributed by atoms with E-state index in [2.05, 4.69) is 34.7 Å². The van der Waals surface area contributed by atoms with Crippen LogP contribution >= 0.6 is 0 Å². The van der Waals surface area contributed by atoms with Gasteiger partial charge < -0.3 is 15.4 Å². The fraction of sp³-hybridized carbons (Fsp3) is 0.632. The first-order chi connectivity index (χ1) is 12.4. The van der Waals surface area contributed by atoms with E-state index in [1.54, 1.807) is 7.05 Å². The largest absolute Gasteiger partial charge is 0.493 e. The molecule has 0 heterocycles. The normalized spacial score (nSPS) is 12.1. The summed E-state index contributed by atoms with van der Waals surface area (Å²) in [6.07, 6.45) is 5.92. The lowest BCUT2D eigenvalue weighted by Gasteiger charge is -2.15. The minimum atomic E-state index is -2.99. The van der Waals surface area contributed by atoms with Crippen molar-refractivity contribution >= 4 is 15.8 Å². The van der Waals surface area contributed by atoms with E-state index in [4.69, 9.17) is 4.74 Å². The smallest absolute Gasteiger partial charge is 0.191 e. The first-order valence-electron chi connectivity index (χ1n) is 9.20. The molecule has 0 aliphatic carbocycles. The molecule has 0 aliphatic heterocycles. The number of aryl methyl sites for hydroxylation is 1. The van der Waals surface area contributed by atoms with E-state index in [1.165, 1.54) is 25.5 Å². The lowest BCUT2D eigenvalue weighted by molar-refractivity contribution is 0.301. The maximum absolute atomic E-state index is 11.2. The predicted octanol–water partition coefficient (Wildman–Crippen LogP) is 2.66. The summed E-state index contributed by atoms with van der Waals surface area (Å²) in [5.74, 6) is 1.54. The number of guanidine groups is 1. The highest BCUT2D eigenvalue weighted by atomic mass is 32.2. The third kappa shape index (κ3) is 9.65. The van der Waals surface area contributed by atoms with Crippen molar-refractivity contribution in [2.75, 3.05) is 32.2 Å². The summed E-state index contributed by atoms with van der Waals surface area (Å²) in [7, 11) is -1.33. The van der Waals surface area contributed by atoms with E-state index in [0.717, 1.165) is 29.9 Å². The number of unbranched alkanes of at least 4 members (excludes halogenated alkanes) is 3. The Bertz CT molecular complexity index is 673. The third-order valence-electron chi connectivity index (χ3n) is 3.91. The molecule has 0 amide bonds. The standard InChI is InChI=1S/C19H33N3O3S/c1-5-6-7-8-12-25-18-14-16(2)9-10-17(18)15-22-19(20-3)21-11-13-26(4,23)24/h9-10,14H,5-8,11-13,15H2,1-4H3,(H2,20,21,22). The molecule has 0 saturated carbocycles. The fourth-order valence-corrected chi connectivity index (χ4v) is 2.88. The monoisotopic (exact) mass is 383 g/mol. The second-order valence-electron chi connectivity index (χ2n) is 6.50. The van der Waals surface area contributed by atoms with Gasteiger partial charge in [0.25, 0.3) is 0 Å². The number of benzene rings is 1. The molecule has 1 rings (SSSR count). The quantitative estimate of drug-likeness (QED) is 0.349. The van der Waals surface area contributed by atoms with E-state index in [-0.39, 0.29) is 5.75 Å². The van der Waals surface area contributed by atoms with Crippen LogP contribution in [0.5, 0.6) is 5.75 Å². The zero-order valence-electron chi connectivity index (χ0n) is 16.5. The van der Waals surface area contributed by atoms with Crippen LogP contribution in [0.3, 0.4) is 0 Å². The van der Waals surface area contributed by atoms with Crippen LogP contribution in [0.4, 0.5) is 0 Å². The van der Waals surface area contributed by atoms with Gasteiger partial charge in [-0.15, -0.1) is 0 Å². The second-order valence-corrected chi connectivity index (χ2v) is 8.76. The fourth-order valence-electron chi connectivity index (χ4n) is 2.41. The van der Waals surface area contributed by atoms with Gasteiger partial charge in [0.15, 0.2) is 5.96 Å². The number of rotatable bonds is 11. The van der Waals surface area contributed by atoms with E-state index in [0.29, 0.717) is 19.0 Å². The van der Waals surface area contributed by atoms with Gasteiger partial charge in [0.1, 0.15) is 15.6 Å². The van der Waals surface area contributed by atoms with Crippen molar-refractivity contribution in [2.45, 2.75) is 46.1 Å². The summed E-state index contributed by atoms with van der Waals surface area (Å²) in [5.41, 5.74) is 2.21. The van der Waals surface area contributed by atoms with E-state index in [1.807, 2.05) is 13.0 Å². The van der Waals surface area contributed by atoms with Crippen LogP contribution in [-0.2, 0) is 16.4 Å². The summed E-state index contributed by atoms with van der Waals surface area (Å²) in [5, 5.41) is 6.22. The van der Waals surface area contributed by atoms with Crippen molar-refractivity contribution in [3.63, 3.8) is 0 Å². The first kappa shape index (κ1) is 22.3. The molecule has 1 aromatic carbocycles. The molecule has 2 N–H and O–H groups in total. The molecule has 0 aromatic heterocycles. The topological polar surface area (TPSA) is 79.8 Å². The Morgan fingerprint density at radius 1 is 1.19 bits per heavy atom. The molecule has 0 bridgehead atoms. The molecule has 148 valence electrons. The maximum atomic E-state index is 11.2. The molecular formula is C19H33N3O3S. The number of hydrogen-bond donors (Lipinski definition) is 2. The molecule has 0 atom stereocenters. The SMILES string of the molecule is CCCCCCOc1cc(C)ccc1CNC(=NC)NCCS(C)(=O)=O. The molecule has 0 aliphatic rings. The average Bonchev–Trinajstić information content (AvgIpc) is 2.58. The van der Waals surface area contributed by atoms with Crippen LogP contribution in [0.2, 0.25) is 0 Å². The van der Waals surface area contributed by atoms with Crippen molar-refractivity contribution in [3.8, 4) is 5.75 Å². The molecular weight excluding hydrogens is 350 g/mol. The van der Waals surface area contributed by atoms with Crippen molar-refractivity contribution in [1.82, 2.24) is 10.6 Å². The summed E-state index contributed by atoms with van der Waals surface area (Å²) in [6, 6.07) is 6.16. The van der Waals surface area contributed by atoms with E-state index >= 15 is 0 Å². The Kier molecular flexibility index (Phi) is 10.1. The average molecular weight is 384 g/mol. The Balaban J connectivity index is 2.56. The van der Waals surface area contributed by atoms with Gasteiger partial charge in [-0.1, -0.05) is 38.3 Å². The van der Waals surface area contributed by atoms with Crippen molar-refractivity contribution < 1.29 is 13.2 Å². The molecule has 6 nitrogen and oxygen atoms in total. The number of nitrogens with one attached hydrogen (secondary N) is 2. The number of nitrogens with zero attached hydrogens (tertiary/aromatic N) is 1. The Hall–Kier alpha value is -1.76. The summed E-state index contributed by atoms with van der Waals surface area (Å²) < 4.78 is 28.4. The van der Waals surface area contributed by atoms with E-state index in [9.17, 15) is 8.42 Å². The molecule has 26 heavy (non-hydrogen) atoms. The minimum absolute atomic E-state index is 0.0738. The predicted molar refractivity (Wildman–Crippen MR) is 109 cm³/mol. The number of aliphatic imine (C=N–C) groups is 1. The van der Waals surface area contributed by atoms with E-state index < -0.39 is 9.84 Å². The summed E-state index contributed by atoms with van der Waals surface area (Å²) >= 11 is 0. The lowest BCUT2D eigenvalue weighted by Crippen LogP contribution is -2.39. The molecule has 1 aromatic rings. The molecule has 0 spiro atoms. The first-order valence-corrected chi connectivity index (χ1v) is 11.3.